The molecule has 3 N–H and O–H groups in total. The number of rotatable bonds is 8. The average molecular weight is 488 g/mol. The highest BCUT2D eigenvalue weighted by Gasteiger charge is 2.19. The molecule has 7 nitrogen and oxygen atoms in total. The van der Waals surface area contributed by atoms with Gasteiger partial charge in [0.2, 0.25) is 5.88 Å². The number of aryl methyl sites for hydroxylation is 4. The molecule has 4 rings (SSSR count). The maximum atomic E-state index is 11.4. The number of aromatic nitrogens is 1. The van der Waals surface area contributed by atoms with Gasteiger partial charge in [-0.15, -0.1) is 0 Å². The summed E-state index contributed by atoms with van der Waals surface area (Å²) in [5, 5.41) is 19.5. The fourth-order valence-corrected chi connectivity index (χ4v) is 4.58. The number of carboxylic acids is 1. The summed E-state index contributed by atoms with van der Waals surface area (Å²) in [6.45, 7) is 8.46. The number of aromatic carboxylic acids is 1. The number of para-hydroxylation sites is 1. The van der Waals surface area contributed by atoms with E-state index in [1.165, 1.54) is 5.56 Å². The molecule has 0 aliphatic carbocycles. The molecule has 0 spiro atoms. The lowest BCUT2D eigenvalue weighted by molar-refractivity contribution is 0.0696. The van der Waals surface area contributed by atoms with E-state index in [1.54, 1.807) is 18.2 Å². The minimum Gasteiger partial charge on any atom is -0.493 e. The van der Waals surface area contributed by atoms with Crippen LogP contribution in [0.15, 0.2) is 48.5 Å². The monoisotopic (exact) mass is 487 g/mol. The smallest absolute Gasteiger partial charge is 0.493 e. The molecule has 3 aromatic carbocycles. The van der Waals surface area contributed by atoms with E-state index in [-0.39, 0.29) is 11.4 Å². The number of aromatic amines is 1. The second-order valence-corrected chi connectivity index (χ2v) is 9.02. The van der Waals surface area contributed by atoms with Crippen molar-refractivity contribution in [2.75, 3.05) is 6.61 Å². The predicted molar refractivity (Wildman–Crippen MR) is 139 cm³/mol. The molecule has 186 valence electrons. The van der Waals surface area contributed by atoms with Crippen molar-refractivity contribution in [3.8, 4) is 22.8 Å². The number of fused-ring (bicyclic) bond motifs is 1. The van der Waals surface area contributed by atoms with Crippen LogP contribution in [0.4, 0.5) is 4.79 Å². The number of H-pyrrole nitrogens is 1. The molecule has 0 fully saturated rings. The predicted octanol–water partition coefficient (Wildman–Crippen LogP) is 6.84. The molecule has 0 saturated heterocycles. The van der Waals surface area contributed by atoms with Gasteiger partial charge in [-0.05, 0) is 86.6 Å². The molecule has 0 unspecified atom stereocenters. The van der Waals surface area contributed by atoms with E-state index in [0.29, 0.717) is 19.4 Å². The molecule has 0 amide bonds. The second kappa shape index (κ2) is 10.2. The Balaban J connectivity index is 1.64. The minimum absolute atomic E-state index is 0.187. The number of hydrogen-bond donors (Lipinski definition) is 3. The van der Waals surface area contributed by atoms with Gasteiger partial charge in [-0.1, -0.05) is 30.3 Å². The molecule has 0 aliphatic rings. The summed E-state index contributed by atoms with van der Waals surface area (Å²) >= 11 is 0. The van der Waals surface area contributed by atoms with E-state index in [1.807, 2.05) is 45.0 Å². The van der Waals surface area contributed by atoms with E-state index in [4.69, 9.17) is 9.47 Å². The molecule has 36 heavy (non-hydrogen) atoms. The van der Waals surface area contributed by atoms with Crippen molar-refractivity contribution in [2.45, 2.75) is 40.5 Å². The number of carbonyl (C=O) groups is 2. The standard InChI is InChI=1S/C29H29NO6/c1-16-13-17(2)19(4)25(14-16)35-12-6-9-24-23-8-5-7-22(26(23)30-27(24)36-29(33)34)21-11-10-20(28(31)32)15-18(21)3/h5,7-8,10-11,13-15,30H,6,9,12H2,1-4H3,(H,31,32)(H,33,34). The zero-order chi connectivity index (χ0) is 26.0. The lowest BCUT2D eigenvalue weighted by Crippen LogP contribution is -2.06. The Labute approximate surface area is 209 Å². The van der Waals surface area contributed by atoms with Gasteiger partial charge in [0.25, 0.3) is 0 Å². The van der Waals surface area contributed by atoms with Crippen molar-refractivity contribution in [1.82, 2.24) is 4.98 Å². The summed E-state index contributed by atoms with van der Waals surface area (Å²) < 4.78 is 11.2. The number of hydrogen-bond acceptors (Lipinski definition) is 4. The third-order valence-corrected chi connectivity index (χ3v) is 6.45. The van der Waals surface area contributed by atoms with Crippen LogP contribution in [0.3, 0.4) is 0 Å². The van der Waals surface area contributed by atoms with Gasteiger partial charge in [-0.2, -0.15) is 0 Å². The van der Waals surface area contributed by atoms with Crippen LogP contribution < -0.4 is 9.47 Å². The zero-order valence-electron chi connectivity index (χ0n) is 20.8. The second-order valence-electron chi connectivity index (χ2n) is 9.02. The van der Waals surface area contributed by atoms with Crippen molar-refractivity contribution in [2.24, 2.45) is 0 Å². The van der Waals surface area contributed by atoms with Crippen LogP contribution in [0.25, 0.3) is 22.0 Å². The molecule has 4 aromatic rings. The first kappa shape index (κ1) is 24.9. The molecular weight excluding hydrogens is 458 g/mol. The normalized spacial score (nSPS) is 11.0. The first-order valence-corrected chi connectivity index (χ1v) is 11.7. The Hall–Kier alpha value is -4.26. The van der Waals surface area contributed by atoms with Crippen molar-refractivity contribution in [3.63, 3.8) is 0 Å². The lowest BCUT2D eigenvalue weighted by atomic mass is 9.96. The Morgan fingerprint density at radius 2 is 1.69 bits per heavy atom. The zero-order valence-corrected chi connectivity index (χ0v) is 20.8. The summed E-state index contributed by atoms with van der Waals surface area (Å²) in [6, 6.07) is 14.9. The summed E-state index contributed by atoms with van der Waals surface area (Å²) in [6.07, 6.45) is -0.188. The molecule has 0 radical (unpaired) electrons. The highest BCUT2D eigenvalue weighted by Crippen LogP contribution is 2.37. The summed E-state index contributed by atoms with van der Waals surface area (Å²) in [7, 11) is 0. The van der Waals surface area contributed by atoms with Crippen LogP contribution in [0.5, 0.6) is 11.6 Å². The molecular formula is C29H29NO6. The number of carboxylic acid groups (broad SMARTS) is 2. The van der Waals surface area contributed by atoms with Crippen LogP contribution in [0, 0.1) is 27.7 Å². The largest absolute Gasteiger partial charge is 0.512 e. The molecule has 1 heterocycles. The van der Waals surface area contributed by atoms with Crippen LogP contribution in [-0.2, 0) is 6.42 Å². The van der Waals surface area contributed by atoms with E-state index in [9.17, 15) is 19.8 Å². The quantitative estimate of drug-likeness (QED) is 0.186. The van der Waals surface area contributed by atoms with E-state index in [2.05, 4.69) is 18.0 Å². The van der Waals surface area contributed by atoms with Gasteiger partial charge < -0.3 is 24.7 Å². The maximum Gasteiger partial charge on any atom is 0.512 e. The Morgan fingerprint density at radius 1 is 0.917 bits per heavy atom. The first-order chi connectivity index (χ1) is 17.2. The molecule has 0 bridgehead atoms. The lowest BCUT2D eigenvalue weighted by Gasteiger charge is -2.12. The Bertz CT molecular complexity index is 1470. The molecule has 0 saturated carbocycles. The summed E-state index contributed by atoms with van der Waals surface area (Å²) in [5.74, 6) is 0.0590. The maximum absolute atomic E-state index is 11.4. The van der Waals surface area contributed by atoms with E-state index >= 15 is 0 Å². The van der Waals surface area contributed by atoms with Crippen LogP contribution in [-0.4, -0.2) is 33.9 Å². The highest BCUT2D eigenvalue weighted by molar-refractivity contribution is 5.99. The summed E-state index contributed by atoms with van der Waals surface area (Å²) in [5.41, 5.74) is 7.63. The topological polar surface area (TPSA) is 109 Å². The minimum atomic E-state index is -1.39. The summed E-state index contributed by atoms with van der Waals surface area (Å²) in [4.78, 5) is 25.9. The number of benzene rings is 3. The van der Waals surface area contributed by atoms with Crippen molar-refractivity contribution >= 4 is 23.0 Å². The van der Waals surface area contributed by atoms with Gasteiger partial charge in [0.15, 0.2) is 0 Å². The van der Waals surface area contributed by atoms with Crippen molar-refractivity contribution < 1.29 is 29.3 Å². The van der Waals surface area contributed by atoms with Gasteiger partial charge in [0.05, 0.1) is 17.7 Å². The van der Waals surface area contributed by atoms with Gasteiger partial charge in [0, 0.05) is 16.5 Å². The van der Waals surface area contributed by atoms with Crippen LogP contribution in [0.1, 0.15) is 44.6 Å². The van der Waals surface area contributed by atoms with Crippen molar-refractivity contribution in [3.05, 3.63) is 81.9 Å². The molecule has 7 heteroatoms. The average Bonchev–Trinajstić information content (AvgIpc) is 3.16. The number of ether oxygens (including phenoxy) is 2. The van der Waals surface area contributed by atoms with Crippen molar-refractivity contribution in [1.29, 1.82) is 0 Å². The van der Waals surface area contributed by atoms with E-state index < -0.39 is 12.1 Å². The Morgan fingerprint density at radius 3 is 2.39 bits per heavy atom. The van der Waals surface area contributed by atoms with Gasteiger partial charge in [-0.3, -0.25) is 0 Å². The van der Waals surface area contributed by atoms with E-state index in [0.717, 1.165) is 50.0 Å². The third-order valence-electron chi connectivity index (χ3n) is 6.45. The first-order valence-electron chi connectivity index (χ1n) is 11.7. The van der Waals surface area contributed by atoms with Gasteiger partial charge in [-0.25, -0.2) is 9.59 Å². The Kier molecular flexibility index (Phi) is 7.01. The fraction of sp³-hybridized carbons (Fsp3) is 0.241. The highest BCUT2D eigenvalue weighted by atomic mass is 16.7. The third kappa shape index (κ3) is 5.05. The molecule has 1 aromatic heterocycles. The van der Waals surface area contributed by atoms with Crippen LogP contribution in [0.2, 0.25) is 0 Å². The number of nitrogens with one attached hydrogen (secondary N) is 1. The molecule has 0 atom stereocenters. The van der Waals surface area contributed by atoms with Crippen LogP contribution >= 0.6 is 0 Å². The fourth-order valence-electron chi connectivity index (χ4n) is 4.58. The van der Waals surface area contributed by atoms with Gasteiger partial charge in [0.1, 0.15) is 5.75 Å². The molecule has 0 aliphatic heterocycles. The van der Waals surface area contributed by atoms with Gasteiger partial charge >= 0.3 is 12.1 Å². The SMILES string of the molecule is Cc1cc(C)c(C)c(OCCCc2c(OC(=O)O)[nH]c3c(-c4ccc(C(=O)O)cc4C)cccc23)c1.